The van der Waals surface area contributed by atoms with Gasteiger partial charge in [-0.3, -0.25) is 4.79 Å². The molecule has 17 heavy (non-hydrogen) atoms. The van der Waals surface area contributed by atoms with Gasteiger partial charge in [-0.25, -0.2) is 0 Å². The van der Waals surface area contributed by atoms with Crippen LogP contribution in [-0.4, -0.2) is 17.7 Å². The number of nitrogens with zero attached hydrogens (tertiary/aromatic N) is 1. The summed E-state index contributed by atoms with van der Waals surface area (Å²) in [4.78, 5) is 11.6. The standard InChI is InChI=1S/C14H24N2O/c1-12(2)11-15-9-4-5-10-16-13(3)7-6-8-14(16)17/h6-8,12,15H,4-5,9-11H2,1-3H3. The lowest BCUT2D eigenvalue weighted by Crippen LogP contribution is -2.23. The van der Waals surface area contributed by atoms with Crippen LogP contribution in [0.15, 0.2) is 23.0 Å². The van der Waals surface area contributed by atoms with Gasteiger partial charge in [-0.05, 0) is 44.8 Å². The fraction of sp³-hybridized carbons (Fsp3) is 0.643. The Hall–Kier alpha value is -1.09. The molecule has 0 unspecified atom stereocenters. The number of pyridine rings is 1. The van der Waals surface area contributed by atoms with Crippen LogP contribution in [0.25, 0.3) is 0 Å². The monoisotopic (exact) mass is 236 g/mol. The van der Waals surface area contributed by atoms with Crippen LogP contribution in [0.3, 0.4) is 0 Å². The summed E-state index contributed by atoms with van der Waals surface area (Å²) in [7, 11) is 0. The van der Waals surface area contributed by atoms with Crippen LogP contribution in [0, 0.1) is 12.8 Å². The zero-order valence-corrected chi connectivity index (χ0v) is 11.2. The molecule has 0 fully saturated rings. The lowest BCUT2D eigenvalue weighted by Gasteiger charge is -2.10. The SMILES string of the molecule is Cc1cccc(=O)n1CCCCNCC(C)C. The van der Waals surface area contributed by atoms with Crippen LogP contribution in [-0.2, 0) is 6.54 Å². The maximum absolute atomic E-state index is 11.6. The van der Waals surface area contributed by atoms with Crippen molar-refractivity contribution in [1.29, 1.82) is 0 Å². The molecule has 3 heteroatoms. The molecule has 1 heterocycles. The average Bonchev–Trinajstić information content (AvgIpc) is 2.26. The van der Waals surface area contributed by atoms with Gasteiger partial charge in [0.15, 0.2) is 0 Å². The maximum Gasteiger partial charge on any atom is 0.250 e. The first-order valence-electron chi connectivity index (χ1n) is 6.48. The molecule has 0 atom stereocenters. The van der Waals surface area contributed by atoms with Crippen LogP contribution in [0.2, 0.25) is 0 Å². The van der Waals surface area contributed by atoms with Gasteiger partial charge in [0.25, 0.3) is 5.56 Å². The zero-order chi connectivity index (χ0) is 12.7. The van der Waals surface area contributed by atoms with Crippen LogP contribution in [0.5, 0.6) is 0 Å². The first-order chi connectivity index (χ1) is 8.11. The number of hydrogen-bond acceptors (Lipinski definition) is 2. The molecule has 1 N–H and O–H groups in total. The lowest BCUT2D eigenvalue weighted by molar-refractivity contribution is 0.513. The molecule has 1 rings (SSSR count). The van der Waals surface area contributed by atoms with Crippen LogP contribution < -0.4 is 10.9 Å². The topological polar surface area (TPSA) is 34.0 Å². The predicted molar refractivity (Wildman–Crippen MR) is 72.4 cm³/mol. The third kappa shape index (κ3) is 5.18. The second kappa shape index (κ2) is 7.28. The predicted octanol–water partition coefficient (Wildman–Crippen LogP) is 2.18. The second-order valence-electron chi connectivity index (χ2n) is 4.96. The summed E-state index contributed by atoms with van der Waals surface area (Å²) in [5.41, 5.74) is 1.16. The van der Waals surface area contributed by atoms with Crippen LogP contribution >= 0.6 is 0 Å². The Morgan fingerprint density at radius 2 is 2.06 bits per heavy atom. The van der Waals surface area contributed by atoms with Gasteiger partial charge in [-0.15, -0.1) is 0 Å². The van der Waals surface area contributed by atoms with E-state index in [4.69, 9.17) is 0 Å². The average molecular weight is 236 g/mol. The first kappa shape index (κ1) is 14.0. The van der Waals surface area contributed by atoms with Gasteiger partial charge >= 0.3 is 0 Å². The molecule has 0 aliphatic carbocycles. The summed E-state index contributed by atoms with van der Waals surface area (Å²) >= 11 is 0. The minimum absolute atomic E-state index is 0.111. The van der Waals surface area contributed by atoms with Crippen LogP contribution in [0.4, 0.5) is 0 Å². The van der Waals surface area contributed by atoms with Crippen molar-refractivity contribution in [3.05, 3.63) is 34.2 Å². The molecule has 0 aliphatic rings. The largest absolute Gasteiger partial charge is 0.316 e. The van der Waals surface area contributed by atoms with Crippen molar-refractivity contribution < 1.29 is 0 Å². The van der Waals surface area contributed by atoms with Crippen molar-refractivity contribution in [2.24, 2.45) is 5.92 Å². The number of rotatable bonds is 7. The van der Waals surface area contributed by atoms with E-state index in [1.54, 1.807) is 6.07 Å². The highest BCUT2D eigenvalue weighted by Crippen LogP contribution is 1.98. The molecule has 1 aromatic heterocycles. The molecule has 0 saturated heterocycles. The molecule has 0 bridgehead atoms. The Morgan fingerprint density at radius 1 is 1.29 bits per heavy atom. The molecule has 0 spiro atoms. The maximum atomic E-state index is 11.6. The minimum atomic E-state index is 0.111. The van der Waals surface area contributed by atoms with Gasteiger partial charge in [0.05, 0.1) is 0 Å². The molecule has 0 aromatic carbocycles. The van der Waals surface area contributed by atoms with Crippen LogP contribution in [0.1, 0.15) is 32.4 Å². The van der Waals surface area contributed by atoms with Gasteiger partial charge < -0.3 is 9.88 Å². The van der Waals surface area contributed by atoms with Gasteiger partial charge in [-0.1, -0.05) is 19.9 Å². The van der Waals surface area contributed by atoms with Gasteiger partial charge in [0.2, 0.25) is 0 Å². The van der Waals surface area contributed by atoms with E-state index in [9.17, 15) is 4.79 Å². The molecular weight excluding hydrogens is 212 g/mol. The third-order valence-corrected chi connectivity index (χ3v) is 2.81. The number of hydrogen-bond donors (Lipinski definition) is 1. The highest BCUT2D eigenvalue weighted by molar-refractivity contribution is 5.04. The van der Waals surface area contributed by atoms with Crippen molar-refractivity contribution in [3.8, 4) is 0 Å². The van der Waals surface area contributed by atoms with E-state index in [-0.39, 0.29) is 5.56 Å². The lowest BCUT2D eigenvalue weighted by atomic mass is 10.2. The summed E-state index contributed by atoms with van der Waals surface area (Å²) < 4.78 is 1.85. The van der Waals surface area contributed by atoms with E-state index in [2.05, 4.69) is 19.2 Å². The highest BCUT2D eigenvalue weighted by atomic mass is 16.1. The molecule has 0 radical (unpaired) electrons. The summed E-state index contributed by atoms with van der Waals surface area (Å²) in [5, 5.41) is 3.41. The number of unbranched alkanes of at least 4 members (excludes halogenated alkanes) is 1. The molecule has 0 saturated carbocycles. The Bertz CT molecular complexity index is 382. The first-order valence-corrected chi connectivity index (χ1v) is 6.48. The van der Waals surface area contributed by atoms with Crippen molar-refractivity contribution in [3.63, 3.8) is 0 Å². The molecule has 1 aromatic rings. The number of nitrogens with one attached hydrogen (secondary N) is 1. The van der Waals surface area contributed by atoms with E-state index >= 15 is 0 Å². The summed E-state index contributed by atoms with van der Waals surface area (Å²) in [6.45, 7) is 9.34. The van der Waals surface area contributed by atoms with E-state index in [1.807, 2.05) is 23.6 Å². The normalized spacial score (nSPS) is 11.1. The fourth-order valence-corrected chi connectivity index (χ4v) is 1.82. The molecular formula is C14H24N2O. The van der Waals surface area contributed by atoms with Gasteiger partial charge in [-0.2, -0.15) is 0 Å². The Labute approximate surface area is 104 Å². The Kier molecular flexibility index (Phi) is 5.98. The molecule has 0 aliphatic heterocycles. The van der Waals surface area contributed by atoms with Gasteiger partial charge in [0, 0.05) is 18.3 Å². The zero-order valence-electron chi connectivity index (χ0n) is 11.2. The van der Waals surface area contributed by atoms with Gasteiger partial charge in [0.1, 0.15) is 0 Å². The summed E-state index contributed by atoms with van der Waals surface area (Å²) in [5.74, 6) is 0.703. The van der Waals surface area contributed by atoms with E-state index in [0.29, 0.717) is 5.92 Å². The third-order valence-electron chi connectivity index (χ3n) is 2.81. The summed E-state index contributed by atoms with van der Waals surface area (Å²) in [6, 6.07) is 5.43. The van der Waals surface area contributed by atoms with E-state index in [0.717, 1.165) is 38.2 Å². The molecule has 96 valence electrons. The van der Waals surface area contributed by atoms with E-state index < -0.39 is 0 Å². The van der Waals surface area contributed by atoms with E-state index in [1.165, 1.54) is 0 Å². The number of aryl methyl sites for hydroxylation is 1. The highest BCUT2D eigenvalue weighted by Gasteiger charge is 1.98. The quantitative estimate of drug-likeness (QED) is 0.736. The second-order valence-corrected chi connectivity index (χ2v) is 4.96. The Balaban J connectivity index is 2.25. The Morgan fingerprint density at radius 3 is 2.71 bits per heavy atom. The fourth-order valence-electron chi connectivity index (χ4n) is 1.82. The molecule has 0 amide bonds. The van der Waals surface area contributed by atoms with Crippen molar-refractivity contribution in [2.75, 3.05) is 13.1 Å². The minimum Gasteiger partial charge on any atom is -0.316 e. The van der Waals surface area contributed by atoms with Crippen molar-refractivity contribution >= 4 is 0 Å². The van der Waals surface area contributed by atoms with Crippen molar-refractivity contribution in [1.82, 2.24) is 9.88 Å². The molecule has 3 nitrogen and oxygen atoms in total. The number of aromatic nitrogens is 1. The summed E-state index contributed by atoms with van der Waals surface area (Å²) in [6.07, 6.45) is 2.17. The van der Waals surface area contributed by atoms with Crippen molar-refractivity contribution in [2.45, 2.75) is 40.2 Å². The smallest absolute Gasteiger partial charge is 0.250 e.